The van der Waals surface area contributed by atoms with E-state index in [9.17, 15) is 9.59 Å². The minimum Gasteiger partial charge on any atom is -0.468 e. The largest absolute Gasteiger partial charge is 0.468 e. The van der Waals surface area contributed by atoms with Crippen LogP contribution in [0.5, 0.6) is 0 Å². The van der Waals surface area contributed by atoms with Gasteiger partial charge in [-0.05, 0) is 66.8 Å². The summed E-state index contributed by atoms with van der Waals surface area (Å²) in [7, 11) is 0. The van der Waals surface area contributed by atoms with Crippen molar-refractivity contribution in [3.8, 4) is 0 Å². The summed E-state index contributed by atoms with van der Waals surface area (Å²) in [6, 6.07) is 19.6. The van der Waals surface area contributed by atoms with Gasteiger partial charge in [-0.3, -0.25) is 14.5 Å². The van der Waals surface area contributed by atoms with Gasteiger partial charge >= 0.3 is 0 Å². The van der Waals surface area contributed by atoms with Gasteiger partial charge in [0, 0.05) is 23.8 Å². The molecule has 0 unspecified atom stereocenters. The zero-order valence-corrected chi connectivity index (χ0v) is 18.3. The molecule has 32 heavy (non-hydrogen) atoms. The number of amides is 2. The van der Waals surface area contributed by atoms with Gasteiger partial charge in [-0.2, -0.15) is 0 Å². The van der Waals surface area contributed by atoms with Crippen molar-refractivity contribution < 1.29 is 14.0 Å². The summed E-state index contributed by atoms with van der Waals surface area (Å²) in [5.41, 5.74) is 3.71. The van der Waals surface area contributed by atoms with E-state index in [1.807, 2.05) is 65.6 Å². The number of nitrogens with one attached hydrogen (secondary N) is 2. The number of furan rings is 1. The Morgan fingerprint density at radius 2 is 1.69 bits per heavy atom. The predicted octanol–water partition coefficient (Wildman–Crippen LogP) is 4.38. The van der Waals surface area contributed by atoms with Crippen molar-refractivity contribution >= 4 is 17.5 Å². The zero-order valence-electron chi connectivity index (χ0n) is 18.3. The lowest BCUT2D eigenvalue weighted by Gasteiger charge is -2.21. The van der Waals surface area contributed by atoms with E-state index in [1.54, 1.807) is 6.26 Å². The molecule has 0 saturated heterocycles. The van der Waals surface area contributed by atoms with Crippen molar-refractivity contribution in [2.45, 2.75) is 45.3 Å². The standard InChI is InChI=1S/C26H29N3O3/c1-2-19-7-11-22(12-8-19)27-25(30)18-29(17-24-4-3-15-32-24)16-20-5-9-21(10-6-20)26(31)28-23-13-14-23/h3-12,15,23H,2,13-14,16-18H2,1H3,(H,27,30)(H,28,31). The number of benzene rings is 2. The molecule has 2 N–H and O–H groups in total. The van der Waals surface area contributed by atoms with Gasteiger partial charge < -0.3 is 15.1 Å². The Balaban J connectivity index is 1.39. The summed E-state index contributed by atoms with van der Waals surface area (Å²) < 4.78 is 5.49. The highest BCUT2D eigenvalue weighted by molar-refractivity contribution is 5.94. The molecule has 0 atom stereocenters. The SMILES string of the molecule is CCc1ccc(NC(=O)CN(Cc2ccc(C(=O)NC3CC3)cc2)Cc2ccco2)cc1. The van der Waals surface area contributed by atoms with Crippen LogP contribution in [-0.4, -0.2) is 29.3 Å². The highest BCUT2D eigenvalue weighted by Crippen LogP contribution is 2.19. The van der Waals surface area contributed by atoms with E-state index >= 15 is 0 Å². The summed E-state index contributed by atoms with van der Waals surface area (Å²) in [5.74, 6) is 0.687. The topological polar surface area (TPSA) is 74.6 Å². The maximum Gasteiger partial charge on any atom is 0.251 e. The molecule has 4 rings (SSSR count). The number of hydrogen-bond acceptors (Lipinski definition) is 4. The second-order valence-corrected chi connectivity index (χ2v) is 8.27. The maximum atomic E-state index is 12.7. The van der Waals surface area contributed by atoms with E-state index in [4.69, 9.17) is 4.42 Å². The Morgan fingerprint density at radius 3 is 2.31 bits per heavy atom. The van der Waals surface area contributed by atoms with Crippen molar-refractivity contribution in [2.75, 3.05) is 11.9 Å². The fourth-order valence-electron chi connectivity index (χ4n) is 3.53. The van der Waals surface area contributed by atoms with Crippen LogP contribution in [0.25, 0.3) is 0 Å². The van der Waals surface area contributed by atoms with E-state index in [2.05, 4.69) is 17.6 Å². The molecule has 1 aromatic heterocycles. The number of anilines is 1. The summed E-state index contributed by atoms with van der Waals surface area (Å²) >= 11 is 0. The van der Waals surface area contributed by atoms with Crippen LogP contribution >= 0.6 is 0 Å². The van der Waals surface area contributed by atoms with Crippen LogP contribution in [-0.2, 0) is 24.3 Å². The molecule has 2 amide bonds. The van der Waals surface area contributed by atoms with Gasteiger partial charge in [0.05, 0.1) is 19.4 Å². The molecule has 6 heteroatoms. The van der Waals surface area contributed by atoms with E-state index in [0.29, 0.717) is 24.7 Å². The van der Waals surface area contributed by atoms with Gasteiger partial charge in [0.1, 0.15) is 5.76 Å². The van der Waals surface area contributed by atoms with Gasteiger partial charge in [-0.1, -0.05) is 31.2 Å². The van der Waals surface area contributed by atoms with Gasteiger partial charge in [0.15, 0.2) is 0 Å². The first-order valence-electron chi connectivity index (χ1n) is 11.1. The summed E-state index contributed by atoms with van der Waals surface area (Å²) in [4.78, 5) is 26.9. The number of carbonyl (C=O) groups excluding carboxylic acids is 2. The quantitative estimate of drug-likeness (QED) is 0.500. The molecule has 1 aliphatic rings. The molecule has 1 heterocycles. The van der Waals surface area contributed by atoms with Gasteiger partial charge in [0.2, 0.25) is 5.91 Å². The smallest absolute Gasteiger partial charge is 0.251 e. The van der Waals surface area contributed by atoms with Crippen LogP contribution < -0.4 is 10.6 Å². The third-order valence-electron chi connectivity index (χ3n) is 5.51. The maximum absolute atomic E-state index is 12.7. The van der Waals surface area contributed by atoms with Crippen LogP contribution in [0, 0.1) is 0 Å². The minimum atomic E-state index is -0.0822. The van der Waals surface area contributed by atoms with Crippen LogP contribution in [0.4, 0.5) is 5.69 Å². The average Bonchev–Trinajstić information content (AvgIpc) is 3.46. The van der Waals surface area contributed by atoms with Crippen molar-refractivity contribution in [3.05, 3.63) is 89.4 Å². The minimum absolute atomic E-state index is 0.0278. The highest BCUT2D eigenvalue weighted by atomic mass is 16.3. The molecule has 6 nitrogen and oxygen atoms in total. The number of nitrogens with zero attached hydrogens (tertiary/aromatic N) is 1. The van der Waals surface area contributed by atoms with Crippen LogP contribution in [0.15, 0.2) is 71.3 Å². The summed E-state index contributed by atoms with van der Waals surface area (Å²) in [5, 5.41) is 5.97. The van der Waals surface area contributed by atoms with Crippen molar-refractivity contribution in [2.24, 2.45) is 0 Å². The molecule has 0 spiro atoms. The Kier molecular flexibility index (Phi) is 7.02. The molecule has 0 radical (unpaired) electrons. The lowest BCUT2D eigenvalue weighted by Crippen LogP contribution is -2.32. The molecule has 0 aliphatic heterocycles. The lowest BCUT2D eigenvalue weighted by molar-refractivity contribution is -0.117. The molecular weight excluding hydrogens is 402 g/mol. The lowest BCUT2D eigenvalue weighted by atomic mass is 10.1. The second kappa shape index (κ2) is 10.3. The first-order chi connectivity index (χ1) is 15.6. The monoisotopic (exact) mass is 431 g/mol. The third-order valence-corrected chi connectivity index (χ3v) is 5.51. The first kappa shape index (κ1) is 21.8. The van der Waals surface area contributed by atoms with Crippen molar-refractivity contribution in [1.29, 1.82) is 0 Å². The van der Waals surface area contributed by atoms with Crippen LogP contribution in [0.3, 0.4) is 0 Å². The van der Waals surface area contributed by atoms with Crippen LogP contribution in [0.2, 0.25) is 0 Å². The summed E-state index contributed by atoms with van der Waals surface area (Å²) in [6.45, 7) is 3.40. The molecule has 3 aromatic rings. The molecule has 1 aliphatic carbocycles. The number of carbonyl (C=O) groups is 2. The van der Waals surface area contributed by atoms with E-state index in [-0.39, 0.29) is 18.4 Å². The Labute approximate surface area is 188 Å². The third kappa shape index (κ3) is 6.31. The predicted molar refractivity (Wildman–Crippen MR) is 124 cm³/mol. The molecule has 0 bridgehead atoms. The Hall–Kier alpha value is -3.38. The van der Waals surface area contributed by atoms with E-state index in [0.717, 1.165) is 36.3 Å². The normalized spacial score (nSPS) is 13.2. The molecule has 166 valence electrons. The number of rotatable bonds is 10. The second-order valence-electron chi connectivity index (χ2n) is 8.27. The summed E-state index contributed by atoms with van der Waals surface area (Å²) in [6.07, 6.45) is 4.73. The average molecular weight is 432 g/mol. The van der Waals surface area contributed by atoms with Crippen LogP contribution in [0.1, 0.15) is 47.0 Å². The van der Waals surface area contributed by atoms with Gasteiger partial charge in [-0.15, -0.1) is 0 Å². The number of aryl methyl sites for hydroxylation is 1. The fourth-order valence-corrected chi connectivity index (χ4v) is 3.53. The van der Waals surface area contributed by atoms with Crippen molar-refractivity contribution in [3.63, 3.8) is 0 Å². The van der Waals surface area contributed by atoms with E-state index < -0.39 is 0 Å². The van der Waals surface area contributed by atoms with E-state index in [1.165, 1.54) is 5.56 Å². The molecule has 1 fully saturated rings. The Bertz CT molecular complexity index is 1020. The molecular formula is C26H29N3O3. The fraction of sp³-hybridized carbons (Fsp3) is 0.308. The van der Waals surface area contributed by atoms with Crippen molar-refractivity contribution in [1.82, 2.24) is 10.2 Å². The molecule has 2 aromatic carbocycles. The zero-order chi connectivity index (χ0) is 22.3. The first-order valence-corrected chi connectivity index (χ1v) is 11.1. The highest BCUT2D eigenvalue weighted by Gasteiger charge is 2.23. The van der Waals surface area contributed by atoms with Gasteiger partial charge in [-0.25, -0.2) is 0 Å². The van der Waals surface area contributed by atoms with Gasteiger partial charge in [0.25, 0.3) is 5.91 Å². The molecule has 1 saturated carbocycles. The Morgan fingerprint density at radius 1 is 0.969 bits per heavy atom. The number of hydrogen-bond donors (Lipinski definition) is 2.